The molecule has 0 aliphatic rings. The monoisotopic (exact) mass is 638 g/mol. The van der Waals surface area contributed by atoms with Crippen LogP contribution in [0.3, 0.4) is 0 Å². The molecule has 0 aliphatic carbocycles. The van der Waals surface area contributed by atoms with Crippen LogP contribution in [-0.2, 0) is 31.9 Å². The van der Waals surface area contributed by atoms with E-state index in [9.17, 15) is 0 Å². The normalized spacial score (nSPS) is 6.14. The Kier molecular flexibility index (Phi) is 51.4. The van der Waals surface area contributed by atoms with Crippen LogP contribution in [0.1, 0.15) is 13.8 Å². The van der Waals surface area contributed by atoms with E-state index in [0.29, 0.717) is 0 Å². The van der Waals surface area contributed by atoms with Gasteiger partial charge in [0.1, 0.15) is 13.8 Å². The van der Waals surface area contributed by atoms with Crippen molar-refractivity contribution in [3.63, 3.8) is 0 Å². The van der Waals surface area contributed by atoms with Gasteiger partial charge in [0.2, 0.25) is 0 Å². The Morgan fingerprint density at radius 2 is 0.857 bits per heavy atom. The molecule has 0 rings (SSSR count). The van der Waals surface area contributed by atoms with E-state index in [1.54, 1.807) is 0 Å². The van der Waals surface area contributed by atoms with Crippen molar-refractivity contribution in [2.75, 3.05) is 0 Å². The fourth-order valence-electron chi connectivity index (χ4n) is 0. The van der Waals surface area contributed by atoms with Crippen molar-refractivity contribution in [1.29, 1.82) is 0 Å². The van der Waals surface area contributed by atoms with Crippen LogP contribution in [0.5, 0.6) is 0 Å². The summed E-state index contributed by atoms with van der Waals surface area (Å²) in [5.41, 5.74) is 0. The molecule has 0 atom stereocenters. The second kappa shape index (κ2) is 29.3. The molecule has 0 aromatic heterocycles. The molecular weight excluding hydrogens is 626 g/mol. The van der Waals surface area contributed by atoms with Crippen molar-refractivity contribution in [3.8, 4) is 0 Å². The summed E-state index contributed by atoms with van der Waals surface area (Å²) in [4.78, 5) is 15.3. The first-order valence-corrected chi connectivity index (χ1v) is 16.0. The molecule has 0 aromatic carbocycles. The fourth-order valence-corrected chi connectivity index (χ4v) is 0. The molecule has 90 valence electrons. The van der Waals surface area contributed by atoms with Gasteiger partial charge in [-0.15, -0.1) is 0 Å². The van der Waals surface area contributed by atoms with Crippen LogP contribution in [0.2, 0.25) is 0 Å². The first-order chi connectivity index (χ1) is 6.29. The second-order valence-electron chi connectivity index (χ2n) is 1.28. The van der Waals surface area contributed by atoms with E-state index in [1.807, 2.05) is 0 Å². The molecular formula is C4H12Cl4O4Re2+4. The summed E-state index contributed by atoms with van der Waals surface area (Å²) in [5.74, 6) is -0.667. The third-order valence-electron chi connectivity index (χ3n) is 0. The van der Waals surface area contributed by atoms with Crippen molar-refractivity contribution in [1.82, 2.24) is 0 Å². The quantitative estimate of drug-likeness (QED) is 0.358. The Morgan fingerprint density at radius 1 is 0.857 bits per heavy atom. The van der Waals surface area contributed by atoms with Gasteiger partial charge in [0, 0.05) is 0 Å². The van der Waals surface area contributed by atoms with E-state index in [1.165, 1.54) is 13.8 Å². The summed E-state index contributed by atoms with van der Waals surface area (Å²) in [6.07, 6.45) is 0. The van der Waals surface area contributed by atoms with Crippen LogP contribution in [0.15, 0.2) is 0 Å². The molecule has 10 heteroatoms. The summed E-state index contributed by atoms with van der Waals surface area (Å²) in [5, 5.41) is 12.1. The molecule has 0 saturated heterocycles. The van der Waals surface area contributed by atoms with E-state index in [4.69, 9.17) is 57.9 Å². The first kappa shape index (κ1) is 24.6. The molecule has 0 fully saturated rings. The van der Waals surface area contributed by atoms with E-state index in [-0.39, 0.29) is 11.9 Å². The standard InChI is InChI=1S/2C2H4O2.4ClH.2Re/c2*1-2(3)4;;;;;;/h2*1H3,(H,3,4);4*1H;;/q;;;;;;2*+2. The Morgan fingerprint density at radius 3 is 0.857 bits per heavy atom. The summed E-state index contributed by atoms with van der Waals surface area (Å²) < 4.78 is 0. The van der Waals surface area contributed by atoms with Gasteiger partial charge < -0.3 is 10.2 Å². The van der Waals surface area contributed by atoms with Gasteiger partial charge in [-0.2, -0.15) is 0 Å². The SMILES string of the molecule is CC(=[OH+])[OH2+].CC(=[OH+])[OH2+].[Cl][Re][Cl].[Cl][Re][Cl]. The molecule has 0 radical (unpaired) electrons. The van der Waals surface area contributed by atoms with Crippen LogP contribution in [0.25, 0.3) is 0 Å². The van der Waals surface area contributed by atoms with E-state index < -0.39 is 31.9 Å². The van der Waals surface area contributed by atoms with Crippen molar-refractivity contribution < 1.29 is 51.7 Å². The Bertz CT molecular complexity index is 104. The molecule has 0 spiro atoms. The number of hydrogen-bond acceptors (Lipinski definition) is 0. The Labute approximate surface area is 114 Å². The van der Waals surface area contributed by atoms with Gasteiger partial charge in [-0.05, 0) is 0 Å². The minimum atomic E-state index is -0.722. The average molecular weight is 638 g/mol. The van der Waals surface area contributed by atoms with Crippen molar-refractivity contribution in [2.24, 2.45) is 0 Å². The van der Waals surface area contributed by atoms with Crippen molar-refractivity contribution in [2.45, 2.75) is 13.8 Å². The molecule has 0 heterocycles. The zero-order chi connectivity index (χ0) is 12.6. The summed E-state index contributed by atoms with van der Waals surface area (Å²) >= 11 is -1.44. The third kappa shape index (κ3) is 1020. The summed E-state index contributed by atoms with van der Waals surface area (Å²) in [7, 11) is 19.7. The minimum absolute atomic E-state index is 0.333. The molecule has 0 amide bonds. The molecule has 0 unspecified atom stereocenters. The van der Waals surface area contributed by atoms with Gasteiger partial charge in [-0.25, -0.2) is 9.59 Å². The van der Waals surface area contributed by atoms with Crippen LogP contribution < -0.4 is 0 Å². The van der Waals surface area contributed by atoms with Gasteiger partial charge in [-0.1, -0.05) is 0 Å². The molecule has 0 aliphatic heterocycles. The van der Waals surface area contributed by atoms with Crippen LogP contribution >= 0.6 is 38.1 Å². The molecule has 14 heavy (non-hydrogen) atoms. The predicted molar refractivity (Wildman–Crippen MR) is 55.9 cm³/mol. The molecule has 6 N–H and O–H groups in total. The first-order valence-electron chi connectivity index (χ1n) is 2.52. The number of halogens is 4. The van der Waals surface area contributed by atoms with E-state index in [0.717, 1.165) is 0 Å². The average Bonchev–Trinajstić information content (AvgIpc) is 1.85. The van der Waals surface area contributed by atoms with E-state index in [2.05, 4.69) is 0 Å². The maximum absolute atomic E-state index is 7.64. The number of rotatable bonds is 0. The maximum atomic E-state index is 7.64. The predicted octanol–water partition coefficient (Wildman–Crippen LogP) is 1.22. The Hall–Kier alpha value is 1.42. The van der Waals surface area contributed by atoms with Crippen molar-refractivity contribution >= 4 is 50.1 Å². The molecule has 4 nitrogen and oxygen atoms in total. The van der Waals surface area contributed by atoms with Crippen LogP contribution in [0.4, 0.5) is 0 Å². The Balaban J connectivity index is -0.0000000482. The number of hydrogen-bond donors (Lipinski definition) is 0. The van der Waals surface area contributed by atoms with Gasteiger partial charge in [0.15, 0.2) is 0 Å². The summed E-state index contributed by atoms with van der Waals surface area (Å²) in [6, 6.07) is 0. The molecule has 0 saturated carbocycles. The second-order valence-corrected chi connectivity index (χ2v) is 9.13. The van der Waals surface area contributed by atoms with E-state index >= 15 is 0 Å². The van der Waals surface area contributed by atoms with Crippen LogP contribution in [-0.4, -0.2) is 31.7 Å². The van der Waals surface area contributed by atoms with Gasteiger partial charge in [0.05, 0.1) is 0 Å². The number of carbonyl (C=O) groups excluding carboxylic acids is 2. The van der Waals surface area contributed by atoms with Crippen molar-refractivity contribution in [3.05, 3.63) is 0 Å². The molecule has 0 aromatic rings. The fraction of sp³-hybridized carbons (Fsp3) is 0.500. The summed E-state index contributed by atoms with van der Waals surface area (Å²) in [6.45, 7) is 2.61. The van der Waals surface area contributed by atoms with Gasteiger partial charge >= 0.3 is 81.9 Å². The van der Waals surface area contributed by atoms with Gasteiger partial charge in [-0.3, -0.25) is 0 Å². The zero-order valence-electron chi connectivity index (χ0n) is 7.16. The zero-order valence-corrected chi connectivity index (χ0v) is 15.6. The topological polar surface area (TPSA) is 88.6 Å². The third-order valence-corrected chi connectivity index (χ3v) is 0. The van der Waals surface area contributed by atoms with Gasteiger partial charge in [0.25, 0.3) is 0 Å². The molecule has 0 bridgehead atoms. The van der Waals surface area contributed by atoms with Crippen LogP contribution in [0, 0.1) is 0 Å².